The van der Waals surface area contributed by atoms with Crippen LogP contribution in [-0.2, 0) is 9.84 Å². The topological polar surface area (TPSA) is 59.9 Å². The quantitative estimate of drug-likeness (QED) is 0.702. The fourth-order valence-electron chi connectivity index (χ4n) is 2.30. The molecule has 0 aliphatic carbocycles. The summed E-state index contributed by atoms with van der Waals surface area (Å²) in [5.74, 6) is 0. The predicted molar refractivity (Wildman–Crippen MR) is 95.8 cm³/mol. The number of aromatic nitrogens is 2. The zero-order chi connectivity index (χ0) is 19.8. The number of sulfone groups is 1. The van der Waals surface area contributed by atoms with Crippen LogP contribution in [0.1, 0.15) is 9.81 Å². The standard InChI is InChI=1S/C18H15ClN2O2S/c1-12-3-4-14(10-20-12)18-17(9-15(19)11-21-18)13-5-7-16(8-6-13)24(2,22)23/h3-11H,1-2H3/i1D3. The van der Waals surface area contributed by atoms with Crippen molar-refractivity contribution in [2.24, 2.45) is 0 Å². The van der Waals surface area contributed by atoms with Gasteiger partial charge in [-0.1, -0.05) is 23.7 Å². The van der Waals surface area contributed by atoms with Crippen molar-refractivity contribution in [3.63, 3.8) is 0 Å². The maximum absolute atomic E-state index is 11.6. The molecule has 3 rings (SSSR count). The Kier molecular flexibility index (Phi) is 3.46. The minimum atomic E-state index is -3.30. The van der Waals surface area contributed by atoms with Gasteiger partial charge in [-0.25, -0.2) is 8.42 Å². The highest BCUT2D eigenvalue weighted by Gasteiger charge is 2.12. The lowest BCUT2D eigenvalue weighted by molar-refractivity contribution is 0.602. The van der Waals surface area contributed by atoms with Gasteiger partial charge in [-0.2, -0.15) is 0 Å². The van der Waals surface area contributed by atoms with E-state index in [4.69, 9.17) is 15.7 Å². The molecule has 0 aliphatic heterocycles. The largest absolute Gasteiger partial charge is 0.261 e. The van der Waals surface area contributed by atoms with E-state index in [1.165, 1.54) is 30.6 Å². The number of halogens is 1. The van der Waals surface area contributed by atoms with Gasteiger partial charge in [0.05, 0.1) is 15.6 Å². The second-order valence-corrected chi connectivity index (χ2v) is 7.73. The third kappa shape index (κ3) is 3.47. The molecule has 2 heterocycles. The van der Waals surface area contributed by atoms with Crippen molar-refractivity contribution in [2.45, 2.75) is 11.7 Å². The van der Waals surface area contributed by atoms with Gasteiger partial charge < -0.3 is 0 Å². The molecule has 0 radical (unpaired) electrons. The second kappa shape index (κ2) is 6.34. The van der Waals surface area contributed by atoms with Crippen LogP contribution in [0.4, 0.5) is 0 Å². The molecular weight excluding hydrogens is 344 g/mol. The summed E-state index contributed by atoms with van der Waals surface area (Å²) in [6, 6.07) is 11.2. The van der Waals surface area contributed by atoms with E-state index in [0.29, 0.717) is 21.8 Å². The first kappa shape index (κ1) is 13.1. The van der Waals surface area contributed by atoms with Gasteiger partial charge in [-0.05, 0) is 42.7 Å². The van der Waals surface area contributed by atoms with Gasteiger partial charge in [0.15, 0.2) is 9.84 Å². The molecule has 0 spiro atoms. The van der Waals surface area contributed by atoms with Gasteiger partial charge in [0, 0.05) is 39.6 Å². The molecule has 0 amide bonds. The molecule has 122 valence electrons. The van der Waals surface area contributed by atoms with Crippen LogP contribution < -0.4 is 0 Å². The van der Waals surface area contributed by atoms with E-state index in [2.05, 4.69) is 9.97 Å². The molecule has 1 aromatic carbocycles. The number of pyridine rings is 2. The molecule has 24 heavy (non-hydrogen) atoms. The highest BCUT2D eigenvalue weighted by Crippen LogP contribution is 2.32. The van der Waals surface area contributed by atoms with Crippen molar-refractivity contribution in [1.29, 1.82) is 0 Å². The second-order valence-electron chi connectivity index (χ2n) is 5.28. The number of rotatable bonds is 3. The minimum Gasteiger partial charge on any atom is -0.261 e. The van der Waals surface area contributed by atoms with Gasteiger partial charge in [-0.15, -0.1) is 0 Å². The number of hydrogen-bond acceptors (Lipinski definition) is 4. The Bertz CT molecular complexity index is 1080. The first-order valence-electron chi connectivity index (χ1n) is 8.49. The lowest BCUT2D eigenvalue weighted by Crippen LogP contribution is -1.97. The van der Waals surface area contributed by atoms with Crippen molar-refractivity contribution in [1.82, 2.24) is 9.97 Å². The summed E-state index contributed by atoms with van der Waals surface area (Å²) in [6.07, 6.45) is 4.09. The van der Waals surface area contributed by atoms with E-state index in [9.17, 15) is 8.42 Å². The van der Waals surface area contributed by atoms with Crippen LogP contribution in [-0.4, -0.2) is 24.6 Å². The van der Waals surface area contributed by atoms with E-state index in [0.717, 1.165) is 11.8 Å². The highest BCUT2D eigenvalue weighted by atomic mass is 35.5. The van der Waals surface area contributed by atoms with Crippen LogP contribution in [0.3, 0.4) is 0 Å². The first-order valence-corrected chi connectivity index (χ1v) is 9.25. The van der Waals surface area contributed by atoms with Crippen LogP contribution >= 0.6 is 11.6 Å². The van der Waals surface area contributed by atoms with E-state index < -0.39 is 16.7 Å². The van der Waals surface area contributed by atoms with Crippen LogP contribution in [0.25, 0.3) is 22.4 Å². The average Bonchev–Trinajstić information content (AvgIpc) is 2.60. The van der Waals surface area contributed by atoms with Crippen molar-refractivity contribution < 1.29 is 12.5 Å². The summed E-state index contributed by atoms with van der Waals surface area (Å²) < 4.78 is 45.5. The molecule has 6 heteroatoms. The zero-order valence-corrected chi connectivity index (χ0v) is 14.3. The summed E-state index contributed by atoms with van der Waals surface area (Å²) in [7, 11) is -3.30. The van der Waals surface area contributed by atoms with E-state index in [1.54, 1.807) is 24.3 Å². The number of aryl methyl sites for hydroxylation is 1. The Morgan fingerprint density at radius 3 is 2.29 bits per heavy atom. The Morgan fingerprint density at radius 1 is 1.00 bits per heavy atom. The average molecular weight is 362 g/mol. The third-order valence-corrected chi connectivity index (χ3v) is 4.82. The molecule has 0 saturated heterocycles. The predicted octanol–water partition coefficient (Wildman–Crippen LogP) is 4.18. The molecular formula is C18H15ClN2O2S. The van der Waals surface area contributed by atoms with Gasteiger partial charge in [-0.3, -0.25) is 9.97 Å². The van der Waals surface area contributed by atoms with Crippen LogP contribution in [0, 0.1) is 6.85 Å². The Morgan fingerprint density at radius 2 is 1.71 bits per heavy atom. The monoisotopic (exact) mass is 361 g/mol. The Balaban J connectivity index is 2.09. The lowest BCUT2D eigenvalue weighted by Gasteiger charge is -2.10. The van der Waals surface area contributed by atoms with Crippen molar-refractivity contribution in [3.05, 3.63) is 65.6 Å². The molecule has 0 saturated carbocycles. The van der Waals surface area contributed by atoms with Gasteiger partial charge >= 0.3 is 0 Å². The Hall–Kier alpha value is -2.24. The molecule has 0 bridgehead atoms. The molecule has 2 aromatic heterocycles. The molecule has 0 N–H and O–H groups in total. The first-order chi connectivity index (χ1) is 12.6. The lowest BCUT2D eigenvalue weighted by atomic mass is 10.0. The number of nitrogens with zero attached hydrogens (tertiary/aromatic N) is 2. The van der Waals surface area contributed by atoms with Crippen LogP contribution in [0.15, 0.2) is 59.8 Å². The third-order valence-electron chi connectivity index (χ3n) is 3.48. The van der Waals surface area contributed by atoms with Crippen molar-refractivity contribution in [3.8, 4) is 22.4 Å². The molecule has 0 aliphatic rings. The highest BCUT2D eigenvalue weighted by molar-refractivity contribution is 7.90. The summed E-state index contributed by atoms with van der Waals surface area (Å²) in [6.45, 7) is -2.28. The SMILES string of the molecule is [2H]C([2H])([2H])c1ccc(-c2ncc(Cl)cc2-c2ccc(S(C)(=O)=O)cc2)cn1. The summed E-state index contributed by atoms with van der Waals surface area (Å²) in [5, 5.41) is 0.424. The molecule has 0 atom stereocenters. The summed E-state index contributed by atoms with van der Waals surface area (Å²) in [5.41, 5.74) is 2.61. The number of hydrogen-bond donors (Lipinski definition) is 0. The summed E-state index contributed by atoms with van der Waals surface area (Å²) >= 11 is 6.09. The fourth-order valence-corrected chi connectivity index (χ4v) is 3.09. The maximum atomic E-state index is 11.6. The minimum absolute atomic E-state index is 0.000677. The van der Waals surface area contributed by atoms with E-state index in [1.807, 2.05) is 0 Å². The fraction of sp³-hybridized carbons (Fsp3) is 0.111. The van der Waals surface area contributed by atoms with Crippen LogP contribution in [0.5, 0.6) is 0 Å². The number of benzene rings is 1. The van der Waals surface area contributed by atoms with Gasteiger partial charge in [0.1, 0.15) is 0 Å². The maximum Gasteiger partial charge on any atom is 0.175 e. The molecule has 0 unspecified atom stereocenters. The van der Waals surface area contributed by atoms with Gasteiger partial charge in [0.2, 0.25) is 0 Å². The zero-order valence-electron chi connectivity index (χ0n) is 15.7. The van der Waals surface area contributed by atoms with Crippen molar-refractivity contribution in [2.75, 3.05) is 6.26 Å². The van der Waals surface area contributed by atoms with E-state index in [-0.39, 0.29) is 10.6 Å². The normalized spacial score (nSPS) is 13.8. The molecule has 0 fully saturated rings. The van der Waals surface area contributed by atoms with Crippen LogP contribution in [0.2, 0.25) is 5.02 Å². The van der Waals surface area contributed by atoms with Crippen molar-refractivity contribution >= 4 is 21.4 Å². The summed E-state index contributed by atoms with van der Waals surface area (Å²) in [4.78, 5) is 8.59. The smallest absolute Gasteiger partial charge is 0.175 e. The Labute approximate surface area is 150 Å². The molecule has 3 aromatic rings. The van der Waals surface area contributed by atoms with Gasteiger partial charge in [0.25, 0.3) is 0 Å². The van der Waals surface area contributed by atoms with E-state index >= 15 is 0 Å². The molecule has 4 nitrogen and oxygen atoms in total.